The summed E-state index contributed by atoms with van der Waals surface area (Å²) in [6, 6.07) is 15.4. The lowest BCUT2D eigenvalue weighted by molar-refractivity contribution is 0.241. The van der Waals surface area contributed by atoms with Crippen LogP contribution in [-0.4, -0.2) is 0 Å². The predicted molar refractivity (Wildman–Crippen MR) is 174 cm³/mol. The van der Waals surface area contributed by atoms with Crippen molar-refractivity contribution in [3.8, 4) is 23.0 Å². The molecule has 0 aliphatic carbocycles. The van der Waals surface area contributed by atoms with Gasteiger partial charge in [0.1, 0.15) is 23.0 Å². The van der Waals surface area contributed by atoms with Crippen LogP contribution in [0.2, 0.25) is 0 Å². The van der Waals surface area contributed by atoms with Crippen LogP contribution >= 0.6 is 0 Å². The molecule has 0 heterocycles. The van der Waals surface area contributed by atoms with Gasteiger partial charge >= 0.3 is 48.4 Å². The SMILES string of the molecule is CC(C)(c1ccc(OC(F)=C(F)F)cc1)c1ccc(OC(F)=C(F)F)cc1.CC(C)(c1ccc(OC(F)=C(F)F)cc1)c1ccc(OC(F)=C(F)F)cc1. The molecule has 0 radical (unpaired) electrons. The Morgan fingerprint density at radius 3 is 0.574 bits per heavy atom. The molecule has 0 aliphatic rings. The van der Waals surface area contributed by atoms with Crippen molar-refractivity contribution in [2.24, 2.45) is 0 Å². The summed E-state index contributed by atoms with van der Waals surface area (Å²) >= 11 is 0. The maximum atomic E-state index is 12.8. The zero-order valence-electron chi connectivity index (χ0n) is 28.4. The molecule has 4 aromatic rings. The number of halogens is 12. The van der Waals surface area contributed by atoms with Crippen molar-refractivity contribution < 1.29 is 71.6 Å². The smallest absolute Gasteiger partial charge is 0.344 e. The van der Waals surface area contributed by atoms with E-state index in [0.717, 1.165) is 22.3 Å². The molecule has 0 aliphatic heterocycles. The van der Waals surface area contributed by atoms with Gasteiger partial charge in [0.2, 0.25) is 0 Å². The van der Waals surface area contributed by atoms with Gasteiger partial charge in [0.15, 0.2) is 0 Å². The zero-order chi connectivity index (χ0) is 40.4. The molecule has 54 heavy (non-hydrogen) atoms. The van der Waals surface area contributed by atoms with Crippen LogP contribution in [0.1, 0.15) is 49.9 Å². The van der Waals surface area contributed by atoms with E-state index in [0.29, 0.717) is 0 Å². The number of ether oxygens (including phenoxy) is 4. The molecule has 0 N–H and O–H groups in total. The fraction of sp³-hybridized carbons (Fsp3) is 0.158. The first-order valence-corrected chi connectivity index (χ1v) is 15.2. The molecule has 0 fully saturated rings. The molecule has 4 aromatic carbocycles. The zero-order valence-corrected chi connectivity index (χ0v) is 28.4. The molecular weight excluding hydrogens is 748 g/mol. The molecule has 0 spiro atoms. The lowest BCUT2D eigenvalue weighted by atomic mass is 9.78. The van der Waals surface area contributed by atoms with Crippen LogP contribution in [0.25, 0.3) is 0 Å². The van der Waals surface area contributed by atoms with Crippen molar-refractivity contribution in [3.63, 3.8) is 0 Å². The Bertz CT molecular complexity index is 1700. The van der Waals surface area contributed by atoms with E-state index in [1.165, 1.54) is 48.5 Å². The Hall–Kier alpha value is -5.80. The summed E-state index contributed by atoms with van der Waals surface area (Å²) in [7, 11) is 0. The molecule has 0 saturated carbocycles. The van der Waals surface area contributed by atoms with Crippen LogP contribution in [0, 0.1) is 0 Å². The van der Waals surface area contributed by atoms with Gasteiger partial charge in [-0.15, -0.1) is 0 Å². The average molecular weight is 777 g/mol. The maximum Gasteiger partial charge on any atom is 0.344 e. The summed E-state index contributed by atoms with van der Waals surface area (Å²) < 4.78 is 165. The summed E-state index contributed by atoms with van der Waals surface area (Å²) in [5.74, 6) is -0.392. The van der Waals surface area contributed by atoms with E-state index in [4.69, 9.17) is 0 Å². The first kappa shape index (κ1) is 42.6. The van der Waals surface area contributed by atoms with Gasteiger partial charge in [-0.2, -0.15) is 52.7 Å². The van der Waals surface area contributed by atoms with Crippen molar-refractivity contribution in [1.82, 2.24) is 0 Å². The van der Waals surface area contributed by atoms with E-state index in [2.05, 4.69) is 18.9 Å². The van der Waals surface area contributed by atoms with Gasteiger partial charge in [0, 0.05) is 10.8 Å². The Morgan fingerprint density at radius 2 is 0.444 bits per heavy atom. The normalized spacial score (nSPS) is 11.0. The lowest BCUT2D eigenvalue weighted by Gasteiger charge is -2.26. The van der Waals surface area contributed by atoms with E-state index in [1.807, 2.05) is 27.7 Å². The Labute approximate surface area is 300 Å². The second-order valence-electron chi connectivity index (χ2n) is 11.9. The third kappa shape index (κ3) is 11.6. The number of rotatable bonds is 12. The predicted octanol–water partition coefficient (Wildman–Crippen LogP) is 13.7. The van der Waals surface area contributed by atoms with E-state index in [1.54, 1.807) is 48.5 Å². The fourth-order valence-corrected chi connectivity index (χ4v) is 4.66. The van der Waals surface area contributed by atoms with Crippen molar-refractivity contribution in [2.75, 3.05) is 0 Å². The second-order valence-corrected chi connectivity index (χ2v) is 11.9. The maximum absolute atomic E-state index is 12.8. The first-order valence-electron chi connectivity index (χ1n) is 15.2. The quantitative estimate of drug-likeness (QED) is 0.106. The van der Waals surface area contributed by atoms with Crippen molar-refractivity contribution >= 4 is 0 Å². The fourth-order valence-electron chi connectivity index (χ4n) is 4.66. The minimum atomic E-state index is -2.55. The standard InChI is InChI=1S/2C19H14F6O2/c2*1-19(2,11-3-7-13(8-4-11)26-17(24)15(20)21)12-5-9-14(10-6-12)27-18(25)16(22)23/h2*3-10H,1-2H3. The summed E-state index contributed by atoms with van der Waals surface area (Å²) in [5, 5.41) is 0. The largest absolute Gasteiger partial charge is 0.428 e. The third-order valence-electron chi connectivity index (χ3n) is 7.73. The number of hydrogen-bond acceptors (Lipinski definition) is 4. The van der Waals surface area contributed by atoms with Crippen LogP contribution in [0.15, 0.2) is 145 Å². The van der Waals surface area contributed by atoms with Crippen LogP contribution in [0.4, 0.5) is 52.7 Å². The minimum absolute atomic E-state index is 0.0980. The molecular formula is C38H28F12O4. The molecule has 0 atom stereocenters. The van der Waals surface area contributed by atoms with Gasteiger partial charge in [-0.05, 0) is 70.8 Å². The molecule has 16 heteroatoms. The molecule has 0 aromatic heterocycles. The van der Waals surface area contributed by atoms with E-state index in [-0.39, 0.29) is 23.0 Å². The molecule has 4 rings (SSSR count). The van der Waals surface area contributed by atoms with Crippen LogP contribution in [0.3, 0.4) is 0 Å². The van der Waals surface area contributed by atoms with Crippen molar-refractivity contribution in [2.45, 2.75) is 38.5 Å². The van der Waals surface area contributed by atoms with Gasteiger partial charge < -0.3 is 18.9 Å². The second kappa shape index (κ2) is 18.3. The van der Waals surface area contributed by atoms with E-state index < -0.39 is 59.2 Å². The molecule has 4 nitrogen and oxygen atoms in total. The Balaban J connectivity index is 0.000000290. The first-order chi connectivity index (χ1) is 25.2. The van der Waals surface area contributed by atoms with Crippen molar-refractivity contribution in [3.05, 3.63) is 168 Å². The summed E-state index contributed by atoms with van der Waals surface area (Å²) in [5.41, 5.74) is 1.81. The van der Waals surface area contributed by atoms with Gasteiger partial charge in [-0.3, -0.25) is 0 Å². The Morgan fingerprint density at radius 1 is 0.296 bits per heavy atom. The molecule has 0 bridgehead atoms. The van der Waals surface area contributed by atoms with E-state index in [9.17, 15) is 52.7 Å². The summed E-state index contributed by atoms with van der Waals surface area (Å²) in [4.78, 5) is 0. The van der Waals surface area contributed by atoms with Crippen molar-refractivity contribution in [1.29, 1.82) is 0 Å². The molecule has 0 amide bonds. The number of hydrogen-bond donors (Lipinski definition) is 0. The van der Waals surface area contributed by atoms with Crippen LogP contribution in [0.5, 0.6) is 23.0 Å². The lowest BCUT2D eigenvalue weighted by Crippen LogP contribution is -2.18. The highest BCUT2D eigenvalue weighted by molar-refractivity contribution is 5.43. The third-order valence-corrected chi connectivity index (χ3v) is 7.73. The van der Waals surface area contributed by atoms with Gasteiger partial charge in [-0.25, -0.2) is 0 Å². The highest BCUT2D eigenvalue weighted by atomic mass is 19.3. The Kier molecular flexibility index (Phi) is 14.4. The molecule has 288 valence electrons. The van der Waals surface area contributed by atoms with Crippen LogP contribution in [-0.2, 0) is 10.8 Å². The summed E-state index contributed by atoms with van der Waals surface area (Å²) in [6.07, 6.45) is -10.2. The molecule has 0 unspecified atom stereocenters. The van der Waals surface area contributed by atoms with Gasteiger partial charge in [-0.1, -0.05) is 76.2 Å². The minimum Gasteiger partial charge on any atom is -0.428 e. The average Bonchev–Trinajstić information content (AvgIpc) is 3.12. The highest BCUT2D eigenvalue weighted by Gasteiger charge is 2.25. The van der Waals surface area contributed by atoms with Gasteiger partial charge in [0.25, 0.3) is 0 Å². The van der Waals surface area contributed by atoms with Crippen LogP contribution < -0.4 is 18.9 Å². The highest BCUT2D eigenvalue weighted by Crippen LogP contribution is 2.36. The summed E-state index contributed by atoms with van der Waals surface area (Å²) in [6.45, 7) is 7.40. The van der Waals surface area contributed by atoms with Gasteiger partial charge in [0.05, 0.1) is 0 Å². The number of benzene rings is 4. The monoisotopic (exact) mass is 776 g/mol. The van der Waals surface area contributed by atoms with E-state index >= 15 is 0 Å². The topological polar surface area (TPSA) is 36.9 Å². The molecule has 0 saturated heterocycles.